The number of carbonyl (C=O) groups is 1. The number of methoxy groups -OCH3 is 1. The van der Waals surface area contributed by atoms with E-state index in [-0.39, 0.29) is 13.0 Å². The van der Waals surface area contributed by atoms with Crippen molar-refractivity contribution in [3.8, 4) is 0 Å². The molecule has 3 N–H and O–H groups in total. The van der Waals surface area contributed by atoms with E-state index in [1.54, 1.807) is 6.92 Å². The van der Waals surface area contributed by atoms with E-state index in [9.17, 15) is 9.90 Å². The Morgan fingerprint density at radius 3 is 2.47 bits per heavy atom. The third-order valence-corrected chi connectivity index (χ3v) is 2.89. The lowest BCUT2D eigenvalue weighted by atomic mass is 9.76. The van der Waals surface area contributed by atoms with Gasteiger partial charge in [0.05, 0.1) is 13.2 Å². The minimum Gasteiger partial charge on any atom is -0.468 e. The SMILES string of the molecule is COC(=O)C(CN)(CC(C)O)c1ccccc1. The first-order chi connectivity index (χ1) is 8.06. The molecule has 0 saturated carbocycles. The van der Waals surface area contributed by atoms with Gasteiger partial charge in [-0.1, -0.05) is 30.3 Å². The number of nitrogens with two attached hydrogens (primary N) is 1. The fraction of sp³-hybridized carbons (Fsp3) is 0.462. The molecule has 0 saturated heterocycles. The molecule has 17 heavy (non-hydrogen) atoms. The number of rotatable bonds is 5. The van der Waals surface area contributed by atoms with Crippen LogP contribution in [0.2, 0.25) is 0 Å². The van der Waals surface area contributed by atoms with Crippen LogP contribution in [0.5, 0.6) is 0 Å². The average molecular weight is 237 g/mol. The van der Waals surface area contributed by atoms with E-state index in [4.69, 9.17) is 10.5 Å². The second-order valence-electron chi connectivity index (χ2n) is 4.20. The maximum Gasteiger partial charge on any atom is 0.317 e. The van der Waals surface area contributed by atoms with Gasteiger partial charge < -0.3 is 15.6 Å². The molecule has 0 aromatic heterocycles. The van der Waals surface area contributed by atoms with Crippen molar-refractivity contribution in [2.24, 2.45) is 5.73 Å². The predicted octanol–water partition coefficient (Wildman–Crippen LogP) is 0.827. The maximum absolute atomic E-state index is 12.0. The van der Waals surface area contributed by atoms with Crippen LogP contribution in [-0.2, 0) is 14.9 Å². The Balaban J connectivity index is 3.21. The summed E-state index contributed by atoms with van der Waals surface area (Å²) in [4.78, 5) is 12.0. The Kier molecular flexibility index (Phi) is 4.66. The van der Waals surface area contributed by atoms with Crippen molar-refractivity contribution in [2.75, 3.05) is 13.7 Å². The van der Waals surface area contributed by atoms with Crippen LogP contribution in [-0.4, -0.2) is 30.8 Å². The highest BCUT2D eigenvalue weighted by molar-refractivity contribution is 5.83. The Hall–Kier alpha value is -1.39. The summed E-state index contributed by atoms with van der Waals surface area (Å²) >= 11 is 0. The number of benzene rings is 1. The van der Waals surface area contributed by atoms with Gasteiger partial charge in [-0.05, 0) is 18.9 Å². The van der Waals surface area contributed by atoms with Crippen molar-refractivity contribution in [1.29, 1.82) is 0 Å². The highest BCUT2D eigenvalue weighted by Gasteiger charge is 2.41. The average Bonchev–Trinajstić information content (AvgIpc) is 2.35. The summed E-state index contributed by atoms with van der Waals surface area (Å²) in [6, 6.07) is 9.19. The zero-order valence-corrected chi connectivity index (χ0v) is 10.2. The summed E-state index contributed by atoms with van der Waals surface area (Å²) in [5.41, 5.74) is 5.56. The molecule has 94 valence electrons. The zero-order valence-electron chi connectivity index (χ0n) is 10.2. The standard InChI is InChI=1S/C13H19NO3/c1-10(15)8-13(9-14,12(16)17-2)11-6-4-3-5-7-11/h3-7,10,15H,8-9,14H2,1-2H3. The van der Waals surface area contributed by atoms with Crippen LogP contribution in [0.4, 0.5) is 0 Å². The van der Waals surface area contributed by atoms with Crippen LogP contribution in [0.3, 0.4) is 0 Å². The minimum atomic E-state index is -0.968. The number of ether oxygens (including phenoxy) is 1. The van der Waals surface area contributed by atoms with Crippen molar-refractivity contribution in [3.05, 3.63) is 35.9 Å². The van der Waals surface area contributed by atoms with E-state index in [1.807, 2.05) is 30.3 Å². The van der Waals surface area contributed by atoms with Crippen LogP contribution in [0.25, 0.3) is 0 Å². The maximum atomic E-state index is 12.0. The fourth-order valence-corrected chi connectivity index (χ4v) is 2.06. The molecule has 0 aliphatic heterocycles. The van der Waals surface area contributed by atoms with E-state index in [2.05, 4.69) is 0 Å². The number of hydrogen-bond donors (Lipinski definition) is 2. The molecule has 1 aromatic rings. The molecular weight excluding hydrogens is 218 g/mol. The largest absolute Gasteiger partial charge is 0.468 e. The van der Waals surface area contributed by atoms with Gasteiger partial charge in [0.1, 0.15) is 5.41 Å². The molecule has 2 atom stereocenters. The molecule has 0 bridgehead atoms. The Morgan fingerprint density at radius 2 is 2.06 bits per heavy atom. The third kappa shape index (κ3) is 2.84. The van der Waals surface area contributed by atoms with E-state index in [0.717, 1.165) is 5.56 Å². The van der Waals surface area contributed by atoms with Crippen LogP contribution in [0, 0.1) is 0 Å². The molecule has 0 fully saturated rings. The summed E-state index contributed by atoms with van der Waals surface area (Å²) in [6.45, 7) is 1.74. The molecule has 0 amide bonds. The van der Waals surface area contributed by atoms with Gasteiger partial charge in [0.2, 0.25) is 0 Å². The van der Waals surface area contributed by atoms with E-state index >= 15 is 0 Å². The predicted molar refractivity (Wildman–Crippen MR) is 65.5 cm³/mol. The molecule has 0 radical (unpaired) electrons. The topological polar surface area (TPSA) is 72.5 Å². The zero-order chi connectivity index (χ0) is 12.9. The van der Waals surface area contributed by atoms with Gasteiger partial charge in [0.15, 0.2) is 0 Å². The molecule has 0 aliphatic rings. The lowest BCUT2D eigenvalue weighted by Crippen LogP contribution is -2.46. The number of aliphatic hydroxyl groups excluding tert-OH is 1. The molecular formula is C13H19NO3. The molecule has 1 rings (SSSR count). The quantitative estimate of drug-likeness (QED) is 0.744. The number of esters is 1. The molecule has 1 aromatic carbocycles. The van der Waals surface area contributed by atoms with Crippen molar-refractivity contribution < 1.29 is 14.6 Å². The minimum absolute atomic E-state index is 0.106. The van der Waals surface area contributed by atoms with Gasteiger partial charge in [-0.15, -0.1) is 0 Å². The summed E-state index contributed by atoms with van der Waals surface area (Å²) in [5.74, 6) is -0.410. The van der Waals surface area contributed by atoms with E-state index in [1.165, 1.54) is 7.11 Å². The summed E-state index contributed by atoms with van der Waals surface area (Å²) in [7, 11) is 1.33. The molecule has 4 nitrogen and oxygen atoms in total. The van der Waals surface area contributed by atoms with Crippen LogP contribution in [0.1, 0.15) is 18.9 Å². The molecule has 4 heteroatoms. The van der Waals surface area contributed by atoms with Gasteiger partial charge in [0.25, 0.3) is 0 Å². The highest BCUT2D eigenvalue weighted by atomic mass is 16.5. The normalized spacial score (nSPS) is 16.0. The van der Waals surface area contributed by atoms with Crippen LogP contribution >= 0.6 is 0 Å². The summed E-state index contributed by atoms with van der Waals surface area (Å²) < 4.78 is 4.83. The summed E-state index contributed by atoms with van der Waals surface area (Å²) in [6.07, 6.45) is -0.377. The lowest BCUT2D eigenvalue weighted by molar-refractivity contribution is -0.148. The second kappa shape index (κ2) is 5.80. The smallest absolute Gasteiger partial charge is 0.317 e. The number of carbonyl (C=O) groups excluding carboxylic acids is 1. The van der Waals surface area contributed by atoms with Gasteiger partial charge >= 0.3 is 5.97 Å². The van der Waals surface area contributed by atoms with Gasteiger partial charge in [-0.25, -0.2) is 0 Å². The van der Waals surface area contributed by atoms with Gasteiger partial charge in [-0.2, -0.15) is 0 Å². The third-order valence-electron chi connectivity index (χ3n) is 2.89. The number of aliphatic hydroxyl groups is 1. The lowest BCUT2D eigenvalue weighted by Gasteiger charge is -2.31. The Morgan fingerprint density at radius 1 is 1.47 bits per heavy atom. The first-order valence-corrected chi connectivity index (χ1v) is 5.59. The molecule has 0 heterocycles. The van der Waals surface area contributed by atoms with Crippen molar-refractivity contribution in [3.63, 3.8) is 0 Å². The fourth-order valence-electron chi connectivity index (χ4n) is 2.06. The van der Waals surface area contributed by atoms with Gasteiger partial charge in [-0.3, -0.25) is 4.79 Å². The molecule has 2 unspecified atom stereocenters. The monoisotopic (exact) mass is 237 g/mol. The van der Waals surface area contributed by atoms with E-state index < -0.39 is 17.5 Å². The van der Waals surface area contributed by atoms with Crippen LogP contribution < -0.4 is 5.73 Å². The van der Waals surface area contributed by atoms with Crippen molar-refractivity contribution in [2.45, 2.75) is 24.9 Å². The Bertz CT molecular complexity index is 364. The highest BCUT2D eigenvalue weighted by Crippen LogP contribution is 2.30. The van der Waals surface area contributed by atoms with Crippen molar-refractivity contribution >= 4 is 5.97 Å². The summed E-state index contributed by atoms with van der Waals surface area (Å²) in [5, 5.41) is 9.56. The van der Waals surface area contributed by atoms with Gasteiger partial charge in [0, 0.05) is 6.54 Å². The van der Waals surface area contributed by atoms with Crippen LogP contribution in [0.15, 0.2) is 30.3 Å². The van der Waals surface area contributed by atoms with Crippen molar-refractivity contribution in [1.82, 2.24) is 0 Å². The Labute approximate surface area is 101 Å². The number of hydrogen-bond acceptors (Lipinski definition) is 4. The first-order valence-electron chi connectivity index (χ1n) is 5.59. The molecule has 0 aliphatic carbocycles. The van der Waals surface area contributed by atoms with E-state index in [0.29, 0.717) is 0 Å². The molecule has 0 spiro atoms. The first kappa shape index (κ1) is 13.7. The second-order valence-corrected chi connectivity index (χ2v) is 4.20.